The van der Waals surface area contributed by atoms with Crippen molar-refractivity contribution >= 4 is 39.5 Å². The summed E-state index contributed by atoms with van der Waals surface area (Å²) < 4.78 is 68.6. The van der Waals surface area contributed by atoms with Crippen LogP contribution in [0.2, 0.25) is 0 Å². The number of unbranched alkanes of at least 4 members (excludes halogenated alkanes) is 42. The second-order valence-corrected chi connectivity index (χ2v) is 33.3. The van der Waals surface area contributed by atoms with E-state index in [1.54, 1.807) is 0 Å². The molecular formula is C79H154O17P2. The smallest absolute Gasteiger partial charge is 0.462 e. The first-order chi connectivity index (χ1) is 47.1. The maximum absolute atomic E-state index is 13.1. The zero-order valence-electron chi connectivity index (χ0n) is 64.4. The fourth-order valence-electron chi connectivity index (χ4n) is 12.1. The zero-order chi connectivity index (χ0) is 72.4. The molecule has 0 aliphatic carbocycles. The predicted molar refractivity (Wildman–Crippen MR) is 400 cm³/mol. The monoisotopic (exact) mass is 1440 g/mol. The molecule has 0 spiro atoms. The van der Waals surface area contributed by atoms with Crippen LogP contribution < -0.4 is 0 Å². The SMILES string of the molecule is CC(C)CCCCCCCCCCCCCCCCCCCCC(=O)O[C@H](COC(=O)CCCCCCCCCCCCC(C)C)COP(=O)(O)OC[C@@H](O)COP(=O)(O)OC[C@@H](COC(=O)CCCCCCCCCCCC(C)C)OC(=O)CCCCCCCCCCCC(C)C. The molecule has 98 heavy (non-hydrogen) atoms. The Morgan fingerprint density at radius 2 is 0.429 bits per heavy atom. The van der Waals surface area contributed by atoms with Crippen LogP contribution in [0.3, 0.4) is 0 Å². The van der Waals surface area contributed by atoms with E-state index >= 15 is 0 Å². The highest BCUT2D eigenvalue weighted by molar-refractivity contribution is 7.47. The van der Waals surface area contributed by atoms with Crippen molar-refractivity contribution in [2.45, 2.75) is 420 Å². The number of carbonyl (C=O) groups excluding carboxylic acids is 4. The lowest BCUT2D eigenvalue weighted by atomic mass is 10.0. The Labute approximate surface area is 600 Å². The van der Waals surface area contributed by atoms with Gasteiger partial charge in [-0.1, -0.05) is 351 Å². The normalized spacial score (nSPS) is 14.1. The van der Waals surface area contributed by atoms with E-state index < -0.39 is 97.5 Å². The number of hydrogen-bond donors (Lipinski definition) is 3. The Bertz CT molecular complexity index is 1920. The van der Waals surface area contributed by atoms with Gasteiger partial charge < -0.3 is 33.8 Å². The molecule has 0 aliphatic heterocycles. The molecule has 0 aromatic heterocycles. The second-order valence-electron chi connectivity index (χ2n) is 30.4. The molecule has 0 aliphatic rings. The molecule has 0 radical (unpaired) electrons. The summed E-state index contributed by atoms with van der Waals surface area (Å²) in [4.78, 5) is 72.9. The minimum atomic E-state index is -4.96. The highest BCUT2D eigenvalue weighted by Crippen LogP contribution is 2.45. The van der Waals surface area contributed by atoms with E-state index in [-0.39, 0.29) is 25.7 Å². The van der Waals surface area contributed by atoms with Crippen molar-refractivity contribution < 1.29 is 80.2 Å². The average Bonchev–Trinajstić information content (AvgIpc) is 1.01. The first kappa shape index (κ1) is 96.1. The summed E-state index contributed by atoms with van der Waals surface area (Å²) in [6.07, 6.45) is 54.2. The highest BCUT2D eigenvalue weighted by Gasteiger charge is 2.30. The third kappa shape index (κ3) is 72.4. The lowest BCUT2D eigenvalue weighted by molar-refractivity contribution is -0.161. The van der Waals surface area contributed by atoms with E-state index in [1.807, 2.05) is 0 Å². The number of phosphoric acid groups is 2. The Morgan fingerprint density at radius 1 is 0.255 bits per heavy atom. The van der Waals surface area contributed by atoms with Crippen LogP contribution in [0.1, 0.15) is 402 Å². The molecule has 0 amide bonds. The molecule has 0 aromatic carbocycles. The molecule has 0 saturated carbocycles. The molecule has 0 heterocycles. The van der Waals surface area contributed by atoms with E-state index in [4.69, 9.17) is 37.0 Å². The van der Waals surface area contributed by atoms with Gasteiger partial charge in [-0.15, -0.1) is 0 Å². The van der Waals surface area contributed by atoms with Crippen LogP contribution in [-0.2, 0) is 65.4 Å². The van der Waals surface area contributed by atoms with Gasteiger partial charge >= 0.3 is 39.5 Å². The van der Waals surface area contributed by atoms with Gasteiger partial charge in [-0.2, -0.15) is 0 Å². The highest BCUT2D eigenvalue weighted by atomic mass is 31.2. The first-order valence-electron chi connectivity index (χ1n) is 40.7. The standard InChI is InChI=1S/C79H154O17P2/c1-69(2)55-47-39-31-23-17-15-13-11-9-10-12-14-16-18-28-37-45-53-61-78(83)95-74(65-89-76(81)59-51-43-35-27-20-19-24-32-40-48-56-70(3)4)67-93-97(85,86)91-63-73(80)64-92-98(87,88)94-68-75(96-79(84)62-54-46-38-30-22-26-34-42-50-58-72(7)8)66-90-77(82)60-52-44-36-29-21-25-33-41-49-57-71(5)6/h69-75,80H,9-68H2,1-8H3,(H,85,86)(H,87,88)/t73-,74-,75-/m1/s1. The molecule has 5 atom stereocenters. The molecule has 0 fully saturated rings. The molecule has 3 N–H and O–H groups in total. The van der Waals surface area contributed by atoms with Crippen molar-refractivity contribution in [2.75, 3.05) is 39.6 Å². The minimum absolute atomic E-state index is 0.105. The van der Waals surface area contributed by atoms with Gasteiger partial charge in [0.15, 0.2) is 12.2 Å². The van der Waals surface area contributed by atoms with Gasteiger partial charge in [-0.25, -0.2) is 9.13 Å². The van der Waals surface area contributed by atoms with Crippen molar-refractivity contribution in [3.8, 4) is 0 Å². The van der Waals surface area contributed by atoms with Crippen molar-refractivity contribution in [3.63, 3.8) is 0 Å². The molecular weight excluding hydrogens is 1280 g/mol. The second kappa shape index (κ2) is 68.2. The lowest BCUT2D eigenvalue weighted by Gasteiger charge is -2.21. The summed E-state index contributed by atoms with van der Waals surface area (Å²) >= 11 is 0. The van der Waals surface area contributed by atoms with Gasteiger partial charge in [-0.3, -0.25) is 37.3 Å². The Morgan fingerprint density at radius 3 is 0.633 bits per heavy atom. The summed E-state index contributed by atoms with van der Waals surface area (Å²) in [6.45, 7) is 14.2. The van der Waals surface area contributed by atoms with Gasteiger partial charge in [0.05, 0.1) is 26.4 Å². The molecule has 2 unspecified atom stereocenters. The predicted octanol–water partition coefficient (Wildman–Crippen LogP) is 23.2. The summed E-state index contributed by atoms with van der Waals surface area (Å²) in [5, 5.41) is 10.6. The summed E-state index contributed by atoms with van der Waals surface area (Å²) in [6, 6.07) is 0. The third-order valence-electron chi connectivity index (χ3n) is 18.3. The zero-order valence-corrected chi connectivity index (χ0v) is 66.2. The van der Waals surface area contributed by atoms with Crippen LogP contribution >= 0.6 is 15.6 Å². The molecule has 17 nitrogen and oxygen atoms in total. The van der Waals surface area contributed by atoms with Crippen molar-refractivity contribution in [1.29, 1.82) is 0 Å². The van der Waals surface area contributed by atoms with Crippen molar-refractivity contribution in [3.05, 3.63) is 0 Å². The first-order valence-corrected chi connectivity index (χ1v) is 43.7. The lowest BCUT2D eigenvalue weighted by Crippen LogP contribution is -2.30. The molecule has 582 valence electrons. The van der Waals surface area contributed by atoms with Crippen LogP contribution in [0.5, 0.6) is 0 Å². The third-order valence-corrected chi connectivity index (χ3v) is 20.2. The fraction of sp³-hybridized carbons (Fsp3) is 0.949. The van der Waals surface area contributed by atoms with Crippen molar-refractivity contribution in [1.82, 2.24) is 0 Å². The average molecular weight is 1440 g/mol. The minimum Gasteiger partial charge on any atom is -0.462 e. The number of rotatable bonds is 76. The molecule has 0 aromatic rings. The topological polar surface area (TPSA) is 237 Å². The molecule has 19 heteroatoms. The Balaban J connectivity index is 5.22. The molecule has 0 rings (SSSR count). The van der Waals surface area contributed by atoms with Gasteiger partial charge in [0, 0.05) is 25.7 Å². The van der Waals surface area contributed by atoms with E-state index in [0.717, 1.165) is 114 Å². The largest absolute Gasteiger partial charge is 0.472 e. The van der Waals surface area contributed by atoms with Crippen LogP contribution in [0.4, 0.5) is 0 Å². The number of aliphatic hydroxyl groups is 1. The van der Waals surface area contributed by atoms with E-state index in [9.17, 15) is 43.2 Å². The van der Waals surface area contributed by atoms with Crippen LogP contribution in [0.25, 0.3) is 0 Å². The van der Waals surface area contributed by atoms with E-state index in [2.05, 4.69) is 55.4 Å². The number of ether oxygens (including phenoxy) is 4. The Kier molecular flexibility index (Phi) is 66.8. The van der Waals surface area contributed by atoms with Gasteiger partial charge in [0.25, 0.3) is 0 Å². The van der Waals surface area contributed by atoms with E-state index in [0.29, 0.717) is 25.7 Å². The number of carbonyl (C=O) groups is 4. The van der Waals surface area contributed by atoms with Crippen molar-refractivity contribution in [2.24, 2.45) is 23.7 Å². The van der Waals surface area contributed by atoms with E-state index in [1.165, 1.54) is 205 Å². The number of phosphoric ester groups is 2. The summed E-state index contributed by atoms with van der Waals surface area (Å²) in [5.41, 5.74) is 0. The maximum Gasteiger partial charge on any atom is 0.472 e. The summed E-state index contributed by atoms with van der Waals surface area (Å²) in [7, 11) is -9.92. The fourth-order valence-corrected chi connectivity index (χ4v) is 13.7. The van der Waals surface area contributed by atoms with Crippen LogP contribution in [0.15, 0.2) is 0 Å². The van der Waals surface area contributed by atoms with Crippen LogP contribution in [0, 0.1) is 23.7 Å². The quantitative estimate of drug-likeness (QED) is 0.0222. The summed E-state index contributed by atoms with van der Waals surface area (Å²) in [5.74, 6) is 0.941. The van der Waals surface area contributed by atoms with Gasteiger partial charge in [-0.05, 0) is 49.4 Å². The number of esters is 4. The maximum atomic E-state index is 13.1. The number of hydrogen-bond acceptors (Lipinski definition) is 15. The number of aliphatic hydroxyl groups excluding tert-OH is 1. The van der Waals surface area contributed by atoms with Crippen LogP contribution in [-0.4, -0.2) is 96.7 Å². The van der Waals surface area contributed by atoms with Gasteiger partial charge in [0.2, 0.25) is 0 Å². The van der Waals surface area contributed by atoms with Gasteiger partial charge in [0.1, 0.15) is 19.3 Å². The Hall–Kier alpha value is -1.94. The molecule has 0 bridgehead atoms. The molecule has 0 saturated heterocycles.